The monoisotopic (exact) mass is 270 g/mol. The molecule has 1 nitrogen and oxygen atoms in total. The Morgan fingerprint density at radius 3 is 2.54 bits per heavy atom. The summed E-state index contributed by atoms with van der Waals surface area (Å²) >= 11 is 8.88. The second kappa shape index (κ2) is 4.24. The zero-order valence-corrected chi connectivity index (χ0v) is 8.99. The predicted molar refractivity (Wildman–Crippen MR) is 50.5 cm³/mol. The molecule has 0 unspecified atom stereocenters. The van der Waals surface area contributed by atoms with Gasteiger partial charge in [-0.15, -0.1) is 0 Å². The normalized spacial score (nSPS) is 10.6. The molecule has 0 atom stereocenters. The zero-order chi connectivity index (χ0) is 10.0. The van der Waals surface area contributed by atoms with Crippen LogP contribution >= 0.6 is 27.5 Å². The number of rotatable bonds is 2. The van der Waals surface area contributed by atoms with Gasteiger partial charge in [0.1, 0.15) is 5.75 Å². The minimum Gasteiger partial charge on any atom is -0.433 e. The molecule has 0 radical (unpaired) electrons. The summed E-state index contributed by atoms with van der Waals surface area (Å²) in [5.41, 5.74) is 0.569. The smallest absolute Gasteiger partial charge is 0.387 e. The molecule has 0 aromatic heterocycles. The second-order valence-electron chi connectivity index (χ2n) is 2.41. The van der Waals surface area contributed by atoms with Gasteiger partial charge in [-0.3, -0.25) is 0 Å². The Kier molecular flexibility index (Phi) is 3.50. The number of ether oxygens (including phenoxy) is 1. The van der Waals surface area contributed by atoms with Gasteiger partial charge < -0.3 is 4.74 Å². The van der Waals surface area contributed by atoms with E-state index in [-0.39, 0.29) is 10.8 Å². The van der Waals surface area contributed by atoms with Gasteiger partial charge in [0.2, 0.25) is 0 Å². The van der Waals surface area contributed by atoms with Crippen molar-refractivity contribution in [3.63, 3.8) is 0 Å². The first-order valence-electron chi connectivity index (χ1n) is 3.41. The molecule has 0 aliphatic heterocycles. The fourth-order valence-electron chi connectivity index (χ4n) is 0.927. The summed E-state index contributed by atoms with van der Waals surface area (Å²) in [4.78, 5) is 0. The van der Waals surface area contributed by atoms with Crippen LogP contribution in [0.5, 0.6) is 5.75 Å². The lowest BCUT2D eigenvalue weighted by molar-refractivity contribution is -0.0502. The molecule has 1 rings (SSSR count). The van der Waals surface area contributed by atoms with Gasteiger partial charge in [0.05, 0.1) is 5.02 Å². The minimum atomic E-state index is -2.85. The van der Waals surface area contributed by atoms with E-state index in [2.05, 4.69) is 20.7 Å². The van der Waals surface area contributed by atoms with Gasteiger partial charge in [0, 0.05) is 4.47 Å². The van der Waals surface area contributed by atoms with Gasteiger partial charge in [0.15, 0.2) is 0 Å². The van der Waals surface area contributed by atoms with Gasteiger partial charge in [-0.05, 0) is 24.6 Å². The van der Waals surface area contributed by atoms with Crippen molar-refractivity contribution in [3.8, 4) is 5.75 Å². The largest absolute Gasteiger partial charge is 0.433 e. The quantitative estimate of drug-likeness (QED) is 0.789. The highest BCUT2D eigenvalue weighted by atomic mass is 79.9. The zero-order valence-electron chi connectivity index (χ0n) is 6.65. The van der Waals surface area contributed by atoms with E-state index in [1.54, 1.807) is 13.0 Å². The van der Waals surface area contributed by atoms with Crippen molar-refractivity contribution >= 4 is 27.5 Å². The molecule has 0 N–H and O–H groups in total. The second-order valence-corrected chi connectivity index (χ2v) is 3.74. The Hall–Kier alpha value is -0.350. The van der Waals surface area contributed by atoms with E-state index in [1.165, 1.54) is 6.07 Å². The molecule has 0 fully saturated rings. The minimum absolute atomic E-state index is 0.0277. The molecular formula is C8H6BrClF2O. The molecule has 0 aliphatic carbocycles. The van der Waals surface area contributed by atoms with Crippen molar-refractivity contribution in [1.29, 1.82) is 0 Å². The maximum atomic E-state index is 11.9. The van der Waals surface area contributed by atoms with Gasteiger partial charge >= 0.3 is 6.61 Å². The molecule has 1 aromatic carbocycles. The Balaban J connectivity index is 3.06. The van der Waals surface area contributed by atoms with Crippen LogP contribution in [0.4, 0.5) is 8.78 Å². The Morgan fingerprint density at radius 2 is 2.08 bits per heavy atom. The van der Waals surface area contributed by atoms with E-state index < -0.39 is 6.61 Å². The Labute approximate surface area is 87.8 Å². The highest BCUT2D eigenvalue weighted by Gasteiger charge is 2.11. The van der Waals surface area contributed by atoms with E-state index in [0.29, 0.717) is 5.56 Å². The average Bonchev–Trinajstić information content (AvgIpc) is 1.96. The van der Waals surface area contributed by atoms with Crippen LogP contribution in [0.2, 0.25) is 5.02 Å². The lowest BCUT2D eigenvalue weighted by Crippen LogP contribution is -2.03. The third kappa shape index (κ3) is 2.81. The number of benzene rings is 1. The highest BCUT2D eigenvalue weighted by Crippen LogP contribution is 2.32. The third-order valence-corrected chi connectivity index (χ3v) is 2.14. The SMILES string of the molecule is Cc1cc(Br)cc(Cl)c1OC(F)F. The number of hydrogen-bond acceptors (Lipinski definition) is 1. The molecule has 0 saturated heterocycles. The van der Waals surface area contributed by atoms with E-state index in [1.807, 2.05) is 0 Å². The van der Waals surface area contributed by atoms with Gasteiger partial charge in [-0.1, -0.05) is 27.5 Å². The van der Waals surface area contributed by atoms with Crippen LogP contribution in [0.15, 0.2) is 16.6 Å². The maximum Gasteiger partial charge on any atom is 0.387 e. The van der Waals surface area contributed by atoms with Crippen molar-refractivity contribution in [2.45, 2.75) is 13.5 Å². The lowest BCUT2D eigenvalue weighted by atomic mass is 10.2. The van der Waals surface area contributed by atoms with Crippen molar-refractivity contribution in [3.05, 3.63) is 27.2 Å². The van der Waals surface area contributed by atoms with E-state index in [0.717, 1.165) is 4.47 Å². The van der Waals surface area contributed by atoms with Crippen molar-refractivity contribution < 1.29 is 13.5 Å². The summed E-state index contributed by atoms with van der Waals surface area (Å²) in [5.74, 6) is 0.0277. The molecule has 72 valence electrons. The summed E-state index contributed by atoms with van der Waals surface area (Å²) in [6.45, 7) is -1.20. The molecule has 0 aliphatic rings. The Bertz CT molecular complexity index is 294. The predicted octanol–water partition coefficient (Wildman–Crippen LogP) is 4.01. The molecule has 5 heteroatoms. The van der Waals surface area contributed by atoms with Crippen molar-refractivity contribution in [2.24, 2.45) is 0 Å². The number of halogens is 4. The van der Waals surface area contributed by atoms with Crippen LogP contribution in [0.3, 0.4) is 0 Å². The molecule has 0 heterocycles. The number of alkyl halides is 2. The first-order chi connectivity index (χ1) is 6.00. The fourth-order valence-corrected chi connectivity index (χ4v) is 1.94. The van der Waals surface area contributed by atoms with E-state index in [9.17, 15) is 8.78 Å². The maximum absolute atomic E-state index is 11.9. The van der Waals surface area contributed by atoms with Gasteiger partial charge in [-0.2, -0.15) is 8.78 Å². The summed E-state index contributed by atoms with van der Waals surface area (Å²) in [5, 5.41) is 0.173. The number of hydrogen-bond donors (Lipinski definition) is 0. The highest BCUT2D eigenvalue weighted by molar-refractivity contribution is 9.10. The van der Waals surface area contributed by atoms with Crippen LogP contribution < -0.4 is 4.74 Å². The summed E-state index contributed by atoms with van der Waals surface area (Å²) in [7, 11) is 0. The molecule has 0 spiro atoms. The molecule has 1 aromatic rings. The number of aryl methyl sites for hydroxylation is 1. The van der Waals surface area contributed by atoms with Crippen LogP contribution in [0.1, 0.15) is 5.56 Å². The van der Waals surface area contributed by atoms with Crippen molar-refractivity contribution in [1.82, 2.24) is 0 Å². The molecule has 0 amide bonds. The van der Waals surface area contributed by atoms with E-state index >= 15 is 0 Å². The van der Waals surface area contributed by atoms with Crippen molar-refractivity contribution in [2.75, 3.05) is 0 Å². The van der Waals surface area contributed by atoms with Crippen LogP contribution in [-0.4, -0.2) is 6.61 Å². The third-order valence-electron chi connectivity index (χ3n) is 1.40. The molecule has 0 saturated carbocycles. The molecular weight excluding hydrogens is 265 g/mol. The topological polar surface area (TPSA) is 9.23 Å². The Morgan fingerprint density at radius 1 is 1.46 bits per heavy atom. The van der Waals surface area contributed by atoms with E-state index in [4.69, 9.17) is 11.6 Å². The molecule has 13 heavy (non-hydrogen) atoms. The average molecular weight is 271 g/mol. The lowest BCUT2D eigenvalue weighted by Gasteiger charge is -2.09. The van der Waals surface area contributed by atoms with Gasteiger partial charge in [0.25, 0.3) is 0 Å². The van der Waals surface area contributed by atoms with Crippen LogP contribution in [-0.2, 0) is 0 Å². The van der Waals surface area contributed by atoms with Crippen LogP contribution in [0, 0.1) is 6.92 Å². The van der Waals surface area contributed by atoms with Crippen LogP contribution in [0.25, 0.3) is 0 Å². The van der Waals surface area contributed by atoms with Gasteiger partial charge in [-0.25, -0.2) is 0 Å². The first-order valence-corrected chi connectivity index (χ1v) is 4.58. The summed E-state index contributed by atoms with van der Waals surface area (Å²) in [6.07, 6.45) is 0. The summed E-state index contributed by atoms with van der Waals surface area (Å²) < 4.78 is 28.8. The fraction of sp³-hybridized carbons (Fsp3) is 0.250. The first kappa shape index (κ1) is 10.7. The molecule has 0 bridgehead atoms. The summed E-state index contributed by atoms with van der Waals surface area (Å²) in [6, 6.07) is 3.16. The standard InChI is InChI=1S/C8H6BrClF2O/c1-4-2-5(9)3-6(10)7(4)13-8(11)12/h2-3,8H,1H3.